The van der Waals surface area contributed by atoms with Crippen LogP contribution in [0, 0.1) is 0 Å². The highest BCUT2D eigenvalue weighted by molar-refractivity contribution is 9.10. The van der Waals surface area contributed by atoms with Gasteiger partial charge in [-0.05, 0) is 29.3 Å². The zero-order valence-corrected chi connectivity index (χ0v) is 14.6. The third-order valence-electron chi connectivity index (χ3n) is 3.71. The first-order chi connectivity index (χ1) is 11.6. The van der Waals surface area contributed by atoms with Crippen molar-refractivity contribution >= 4 is 27.8 Å². The van der Waals surface area contributed by atoms with Crippen LogP contribution in [-0.4, -0.2) is 35.5 Å². The maximum atomic E-state index is 12.7. The van der Waals surface area contributed by atoms with E-state index in [1.807, 2.05) is 24.3 Å². The van der Waals surface area contributed by atoms with Crippen LogP contribution in [0.1, 0.15) is 21.5 Å². The average Bonchev–Trinajstić information content (AvgIpc) is 2.91. The number of benzene rings is 1. The van der Waals surface area contributed by atoms with E-state index in [2.05, 4.69) is 25.7 Å². The normalized spacial score (nSPS) is 12.9. The van der Waals surface area contributed by atoms with Gasteiger partial charge in [0.25, 0.3) is 5.91 Å². The number of fused-ring (bicyclic) bond motifs is 1. The van der Waals surface area contributed by atoms with Gasteiger partial charge in [-0.25, -0.2) is 9.78 Å². The molecule has 2 heterocycles. The lowest BCUT2D eigenvalue weighted by Crippen LogP contribution is -2.23. The molecule has 2 aromatic rings. The summed E-state index contributed by atoms with van der Waals surface area (Å²) in [6.07, 6.45) is 1.57. The quantitative estimate of drug-likeness (QED) is 0.733. The molecule has 124 valence electrons. The summed E-state index contributed by atoms with van der Waals surface area (Å²) < 4.78 is 10.9. The molecular weight excluding hydrogens is 376 g/mol. The number of hydrogen-bond donors (Lipinski definition) is 0. The Kier molecular flexibility index (Phi) is 4.80. The van der Waals surface area contributed by atoms with Crippen molar-refractivity contribution in [3.63, 3.8) is 0 Å². The molecule has 0 saturated heterocycles. The van der Waals surface area contributed by atoms with Gasteiger partial charge in [0.05, 0.1) is 7.11 Å². The third kappa shape index (κ3) is 3.41. The first-order valence-corrected chi connectivity index (χ1v) is 8.09. The second kappa shape index (κ2) is 7.00. The highest BCUT2D eigenvalue weighted by atomic mass is 79.9. The molecule has 0 bridgehead atoms. The number of aromatic nitrogens is 1. The molecule has 1 aliphatic heterocycles. The van der Waals surface area contributed by atoms with Gasteiger partial charge in [0.15, 0.2) is 6.61 Å². The molecule has 0 unspecified atom stereocenters. The molecular formula is C17H15BrN2O4. The zero-order chi connectivity index (χ0) is 17.1. The van der Waals surface area contributed by atoms with Crippen molar-refractivity contribution in [3.8, 4) is 5.88 Å². The van der Waals surface area contributed by atoms with Crippen LogP contribution in [0.4, 0.5) is 0 Å². The van der Waals surface area contributed by atoms with Crippen molar-refractivity contribution < 1.29 is 19.1 Å². The molecule has 3 rings (SSSR count). The maximum absolute atomic E-state index is 12.7. The molecule has 1 aromatic carbocycles. The summed E-state index contributed by atoms with van der Waals surface area (Å²) in [5.41, 5.74) is 2.29. The van der Waals surface area contributed by atoms with E-state index in [0.29, 0.717) is 18.7 Å². The number of pyridine rings is 1. The number of amides is 1. The van der Waals surface area contributed by atoms with E-state index in [9.17, 15) is 9.59 Å². The van der Waals surface area contributed by atoms with E-state index in [0.717, 1.165) is 15.6 Å². The number of carbonyl (C=O) groups excluding carboxylic acids is 2. The molecule has 1 amide bonds. The fourth-order valence-electron chi connectivity index (χ4n) is 2.51. The molecule has 1 aromatic heterocycles. The van der Waals surface area contributed by atoms with Crippen molar-refractivity contribution in [1.29, 1.82) is 0 Å². The maximum Gasteiger partial charge on any atom is 0.343 e. The summed E-state index contributed by atoms with van der Waals surface area (Å²) >= 11 is 3.39. The summed E-state index contributed by atoms with van der Waals surface area (Å²) in [7, 11) is 1.28. The summed E-state index contributed by atoms with van der Waals surface area (Å²) in [6.45, 7) is 0.707. The van der Waals surface area contributed by atoms with Gasteiger partial charge < -0.3 is 14.4 Å². The second-order valence-electron chi connectivity index (χ2n) is 5.30. The number of halogens is 1. The lowest BCUT2D eigenvalue weighted by Gasteiger charge is -2.15. The van der Waals surface area contributed by atoms with E-state index in [1.165, 1.54) is 7.11 Å². The molecule has 0 fully saturated rings. The number of carbonyl (C=O) groups is 2. The van der Waals surface area contributed by atoms with Crippen LogP contribution in [-0.2, 0) is 22.6 Å². The van der Waals surface area contributed by atoms with Crippen molar-refractivity contribution in [2.75, 3.05) is 13.7 Å². The standard InChI is InChI=1S/C17H15BrN2O4/c1-23-14(21)10-24-16-15-12(6-7-19-16)9-20(17(15)22)8-11-2-4-13(18)5-3-11/h2-7H,8-10H2,1H3. The van der Waals surface area contributed by atoms with E-state index in [-0.39, 0.29) is 18.4 Å². The lowest BCUT2D eigenvalue weighted by molar-refractivity contribution is -0.143. The fraction of sp³-hybridized carbons (Fsp3) is 0.235. The summed E-state index contributed by atoms with van der Waals surface area (Å²) in [5, 5.41) is 0. The Morgan fingerprint density at radius 2 is 2.04 bits per heavy atom. The van der Waals surface area contributed by atoms with Gasteiger partial charge in [-0.3, -0.25) is 4.79 Å². The summed E-state index contributed by atoms with van der Waals surface area (Å²) in [4.78, 5) is 29.7. The van der Waals surface area contributed by atoms with Gasteiger partial charge in [-0.1, -0.05) is 28.1 Å². The molecule has 7 heteroatoms. The SMILES string of the molecule is COC(=O)COc1nccc2c1C(=O)N(Cc1ccc(Br)cc1)C2. The predicted octanol–water partition coefficient (Wildman–Crippen LogP) is 2.55. The Bertz CT molecular complexity index is 777. The summed E-state index contributed by atoms with van der Waals surface area (Å²) in [5.74, 6) is -0.506. The van der Waals surface area contributed by atoms with Crippen molar-refractivity contribution in [3.05, 3.63) is 57.7 Å². The average molecular weight is 391 g/mol. The monoisotopic (exact) mass is 390 g/mol. The van der Waals surface area contributed by atoms with Crippen LogP contribution >= 0.6 is 15.9 Å². The van der Waals surface area contributed by atoms with Crippen molar-refractivity contribution in [2.45, 2.75) is 13.1 Å². The third-order valence-corrected chi connectivity index (χ3v) is 4.23. The van der Waals surface area contributed by atoms with Gasteiger partial charge in [0.1, 0.15) is 5.56 Å². The molecule has 0 atom stereocenters. The Morgan fingerprint density at radius 3 is 2.75 bits per heavy atom. The van der Waals surface area contributed by atoms with Gasteiger partial charge >= 0.3 is 5.97 Å². The van der Waals surface area contributed by atoms with Crippen LogP contribution in [0.3, 0.4) is 0 Å². The topological polar surface area (TPSA) is 68.7 Å². The smallest absolute Gasteiger partial charge is 0.343 e. The minimum absolute atomic E-state index is 0.152. The van der Waals surface area contributed by atoms with Gasteiger partial charge in [-0.15, -0.1) is 0 Å². The van der Waals surface area contributed by atoms with Crippen LogP contribution in [0.2, 0.25) is 0 Å². The van der Waals surface area contributed by atoms with Crippen LogP contribution in [0.15, 0.2) is 41.0 Å². The van der Waals surface area contributed by atoms with E-state index in [4.69, 9.17) is 4.74 Å². The number of nitrogens with zero attached hydrogens (tertiary/aromatic N) is 2. The molecule has 0 radical (unpaired) electrons. The number of hydrogen-bond acceptors (Lipinski definition) is 5. The number of methoxy groups -OCH3 is 1. The van der Waals surface area contributed by atoms with Gasteiger partial charge in [0, 0.05) is 23.8 Å². The highest BCUT2D eigenvalue weighted by Crippen LogP contribution is 2.30. The van der Waals surface area contributed by atoms with Crippen LogP contribution < -0.4 is 4.74 Å². The molecule has 0 N–H and O–H groups in total. The first kappa shape index (κ1) is 16.4. The molecule has 6 nitrogen and oxygen atoms in total. The zero-order valence-electron chi connectivity index (χ0n) is 13.0. The number of esters is 1. The van der Waals surface area contributed by atoms with Crippen molar-refractivity contribution in [2.24, 2.45) is 0 Å². The molecule has 0 aliphatic carbocycles. The Hall–Kier alpha value is -2.41. The van der Waals surface area contributed by atoms with Gasteiger partial charge in [-0.2, -0.15) is 0 Å². The molecule has 24 heavy (non-hydrogen) atoms. The lowest BCUT2D eigenvalue weighted by atomic mass is 10.2. The first-order valence-electron chi connectivity index (χ1n) is 7.29. The molecule has 1 aliphatic rings. The second-order valence-corrected chi connectivity index (χ2v) is 6.22. The van der Waals surface area contributed by atoms with Gasteiger partial charge in [0.2, 0.25) is 5.88 Å². The molecule has 0 saturated carbocycles. The van der Waals surface area contributed by atoms with E-state index < -0.39 is 5.97 Å². The Labute approximate surface area is 147 Å². The van der Waals surface area contributed by atoms with Crippen LogP contribution in [0.5, 0.6) is 5.88 Å². The minimum atomic E-state index is -0.522. The predicted molar refractivity (Wildman–Crippen MR) is 89.5 cm³/mol. The van der Waals surface area contributed by atoms with E-state index >= 15 is 0 Å². The van der Waals surface area contributed by atoms with Crippen molar-refractivity contribution in [1.82, 2.24) is 9.88 Å². The largest absolute Gasteiger partial charge is 0.466 e. The van der Waals surface area contributed by atoms with Crippen LogP contribution in [0.25, 0.3) is 0 Å². The highest BCUT2D eigenvalue weighted by Gasteiger charge is 2.31. The number of rotatable bonds is 5. The number of ether oxygens (including phenoxy) is 2. The van der Waals surface area contributed by atoms with E-state index in [1.54, 1.807) is 17.2 Å². The summed E-state index contributed by atoms with van der Waals surface area (Å²) in [6, 6.07) is 9.60. The minimum Gasteiger partial charge on any atom is -0.466 e. The fourth-order valence-corrected chi connectivity index (χ4v) is 2.77. The Morgan fingerprint density at radius 1 is 1.29 bits per heavy atom. The molecule has 0 spiro atoms. The Balaban J connectivity index is 1.77.